The van der Waals surface area contributed by atoms with E-state index >= 15 is 0 Å². The fourth-order valence-corrected chi connectivity index (χ4v) is 1.46. The number of rotatable bonds is 2. The minimum atomic E-state index is -0.860. The van der Waals surface area contributed by atoms with Crippen LogP contribution in [0.15, 0.2) is 36.4 Å². The number of nitrogens with two attached hydrogens (primary N) is 1. The van der Waals surface area contributed by atoms with Gasteiger partial charge in [0.2, 0.25) is 0 Å². The summed E-state index contributed by atoms with van der Waals surface area (Å²) in [6.07, 6.45) is 0. The number of benzene rings is 2. The highest BCUT2D eigenvalue weighted by atomic mass is 19.1. The average molecular weight is 264 g/mol. The van der Waals surface area contributed by atoms with E-state index in [1.165, 1.54) is 18.2 Å². The highest BCUT2D eigenvalue weighted by Gasteiger charge is 2.10. The number of aromatic hydroxyl groups is 1. The van der Waals surface area contributed by atoms with Crippen molar-refractivity contribution in [2.75, 3.05) is 11.1 Å². The van der Waals surface area contributed by atoms with Gasteiger partial charge >= 0.3 is 0 Å². The summed E-state index contributed by atoms with van der Waals surface area (Å²) in [6.45, 7) is 0. The molecule has 2 aromatic rings. The normalized spacial score (nSPS) is 10.2. The molecule has 0 saturated carbocycles. The van der Waals surface area contributed by atoms with E-state index in [-0.39, 0.29) is 16.9 Å². The minimum Gasteiger partial charge on any atom is -0.505 e. The summed E-state index contributed by atoms with van der Waals surface area (Å²) < 4.78 is 26.3. The van der Waals surface area contributed by atoms with Crippen molar-refractivity contribution >= 4 is 17.3 Å². The Labute approximate surface area is 107 Å². The maximum absolute atomic E-state index is 13.2. The second-order valence-corrected chi connectivity index (χ2v) is 3.86. The van der Waals surface area contributed by atoms with Crippen molar-refractivity contribution in [2.45, 2.75) is 0 Å². The summed E-state index contributed by atoms with van der Waals surface area (Å²) in [4.78, 5) is 11.8. The lowest BCUT2D eigenvalue weighted by Crippen LogP contribution is -2.12. The third-order valence-corrected chi connectivity index (χ3v) is 2.47. The van der Waals surface area contributed by atoms with Crippen LogP contribution < -0.4 is 11.1 Å². The molecule has 0 aliphatic heterocycles. The van der Waals surface area contributed by atoms with Crippen LogP contribution in [0.4, 0.5) is 20.2 Å². The Bertz CT molecular complexity index is 645. The molecule has 6 heteroatoms. The lowest BCUT2D eigenvalue weighted by atomic mass is 10.2. The maximum Gasteiger partial charge on any atom is 0.255 e. The van der Waals surface area contributed by atoms with E-state index in [0.29, 0.717) is 0 Å². The summed E-state index contributed by atoms with van der Waals surface area (Å²) in [7, 11) is 0. The predicted molar refractivity (Wildman–Crippen MR) is 66.8 cm³/mol. The molecule has 0 atom stereocenters. The zero-order valence-electron chi connectivity index (χ0n) is 9.65. The third kappa shape index (κ3) is 2.79. The first-order valence-corrected chi connectivity index (χ1v) is 5.32. The van der Waals surface area contributed by atoms with Crippen LogP contribution in [0.5, 0.6) is 5.75 Å². The van der Waals surface area contributed by atoms with Crippen LogP contribution in [0.1, 0.15) is 10.4 Å². The van der Waals surface area contributed by atoms with E-state index in [9.17, 15) is 13.6 Å². The Balaban J connectivity index is 2.20. The van der Waals surface area contributed by atoms with Crippen molar-refractivity contribution in [3.8, 4) is 5.75 Å². The van der Waals surface area contributed by atoms with Crippen LogP contribution in [0, 0.1) is 11.6 Å². The molecule has 4 N–H and O–H groups in total. The number of phenolic OH excluding ortho intramolecular Hbond substituents is 1. The Morgan fingerprint density at radius 3 is 2.47 bits per heavy atom. The Kier molecular flexibility index (Phi) is 3.33. The molecule has 4 nitrogen and oxygen atoms in total. The summed E-state index contributed by atoms with van der Waals surface area (Å²) >= 11 is 0. The van der Waals surface area contributed by atoms with Gasteiger partial charge in [-0.2, -0.15) is 0 Å². The molecule has 0 aliphatic carbocycles. The van der Waals surface area contributed by atoms with Crippen molar-refractivity contribution in [1.82, 2.24) is 0 Å². The molecular weight excluding hydrogens is 254 g/mol. The van der Waals surface area contributed by atoms with E-state index in [4.69, 9.17) is 10.8 Å². The molecule has 98 valence electrons. The zero-order chi connectivity index (χ0) is 14.0. The molecule has 0 heterocycles. The monoisotopic (exact) mass is 264 g/mol. The number of nitrogen functional groups attached to an aromatic ring is 1. The largest absolute Gasteiger partial charge is 0.505 e. The van der Waals surface area contributed by atoms with E-state index in [1.807, 2.05) is 0 Å². The molecule has 19 heavy (non-hydrogen) atoms. The molecule has 2 rings (SSSR count). The first-order chi connectivity index (χ1) is 8.97. The number of carbonyl (C=O) groups is 1. The molecular formula is C13H10F2N2O2. The van der Waals surface area contributed by atoms with Crippen molar-refractivity contribution in [2.24, 2.45) is 0 Å². The standard InChI is InChI=1S/C13H10F2N2O2/c14-9-5-7(1-3-11(9)16)13(19)17-8-2-4-12(18)10(15)6-8/h1-6,18H,16H2,(H,17,19). The highest BCUT2D eigenvalue weighted by Crippen LogP contribution is 2.20. The molecule has 0 saturated heterocycles. The summed E-state index contributed by atoms with van der Waals surface area (Å²) in [5.74, 6) is -2.69. The molecule has 0 bridgehead atoms. The minimum absolute atomic E-state index is 0.0557. The van der Waals surface area contributed by atoms with Gasteiger partial charge in [0.15, 0.2) is 11.6 Å². The van der Waals surface area contributed by atoms with E-state index in [0.717, 1.165) is 18.2 Å². The Morgan fingerprint density at radius 2 is 1.84 bits per heavy atom. The number of hydrogen-bond acceptors (Lipinski definition) is 3. The zero-order valence-corrected chi connectivity index (χ0v) is 9.65. The summed E-state index contributed by atoms with van der Waals surface area (Å²) in [5, 5.41) is 11.4. The summed E-state index contributed by atoms with van der Waals surface area (Å²) in [6, 6.07) is 6.99. The lowest BCUT2D eigenvalue weighted by Gasteiger charge is -2.06. The number of halogens is 2. The number of phenols is 1. The van der Waals surface area contributed by atoms with E-state index in [1.54, 1.807) is 0 Å². The van der Waals surface area contributed by atoms with E-state index < -0.39 is 23.3 Å². The van der Waals surface area contributed by atoms with Gasteiger partial charge in [0, 0.05) is 17.3 Å². The van der Waals surface area contributed by atoms with Crippen LogP contribution in [0.25, 0.3) is 0 Å². The second-order valence-electron chi connectivity index (χ2n) is 3.86. The molecule has 0 unspecified atom stereocenters. The third-order valence-electron chi connectivity index (χ3n) is 2.47. The van der Waals surface area contributed by atoms with E-state index in [2.05, 4.69) is 5.32 Å². The molecule has 0 fully saturated rings. The number of anilines is 2. The number of carbonyl (C=O) groups excluding carboxylic acids is 1. The molecule has 0 radical (unpaired) electrons. The SMILES string of the molecule is Nc1ccc(C(=O)Nc2ccc(O)c(F)c2)cc1F. The number of amides is 1. The van der Waals surface area contributed by atoms with Crippen molar-refractivity contribution < 1.29 is 18.7 Å². The molecule has 2 aromatic carbocycles. The van der Waals surface area contributed by atoms with Crippen LogP contribution in [-0.2, 0) is 0 Å². The first kappa shape index (κ1) is 12.8. The van der Waals surface area contributed by atoms with Crippen LogP contribution in [0.3, 0.4) is 0 Å². The van der Waals surface area contributed by atoms with Gasteiger partial charge in [-0.15, -0.1) is 0 Å². The molecule has 0 aliphatic rings. The predicted octanol–water partition coefficient (Wildman–Crippen LogP) is 2.50. The van der Waals surface area contributed by atoms with Crippen molar-refractivity contribution in [1.29, 1.82) is 0 Å². The van der Waals surface area contributed by atoms with Crippen LogP contribution >= 0.6 is 0 Å². The van der Waals surface area contributed by atoms with Gasteiger partial charge in [0.25, 0.3) is 5.91 Å². The molecule has 1 amide bonds. The fraction of sp³-hybridized carbons (Fsp3) is 0. The number of hydrogen-bond donors (Lipinski definition) is 3. The van der Waals surface area contributed by atoms with Crippen molar-refractivity contribution in [3.05, 3.63) is 53.6 Å². The van der Waals surface area contributed by atoms with Crippen molar-refractivity contribution in [3.63, 3.8) is 0 Å². The van der Waals surface area contributed by atoms with Gasteiger partial charge in [-0.05, 0) is 30.3 Å². The van der Waals surface area contributed by atoms with Gasteiger partial charge in [-0.1, -0.05) is 0 Å². The smallest absolute Gasteiger partial charge is 0.255 e. The van der Waals surface area contributed by atoms with Gasteiger partial charge in [0.05, 0.1) is 5.69 Å². The van der Waals surface area contributed by atoms with Gasteiger partial charge in [-0.25, -0.2) is 8.78 Å². The first-order valence-electron chi connectivity index (χ1n) is 5.32. The quantitative estimate of drug-likeness (QED) is 0.576. The molecule has 0 spiro atoms. The van der Waals surface area contributed by atoms with Gasteiger partial charge in [-0.3, -0.25) is 4.79 Å². The number of nitrogens with one attached hydrogen (secondary N) is 1. The summed E-state index contributed by atoms with van der Waals surface area (Å²) in [5.41, 5.74) is 5.44. The van der Waals surface area contributed by atoms with Crippen LogP contribution in [0.2, 0.25) is 0 Å². The average Bonchev–Trinajstić information content (AvgIpc) is 2.37. The lowest BCUT2D eigenvalue weighted by molar-refractivity contribution is 0.102. The van der Waals surface area contributed by atoms with Gasteiger partial charge < -0.3 is 16.2 Å². The maximum atomic E-state index is 13.2. The van der Waals surface area contributed by atoms with Crippen LogP contribution in [-0.4, -0.2) is 11.0 Å². The Hall–Kier alpha value is -2.63. The van der Waals surface area contributed by atoms with Gasteiger partial charge in [0.1, 0.15) is 5.82 Å². The second kappa shape index (κ2) is 4.93. The molecule has 0 aromatic heterocycles. The highest BCUT2D eigenvalue weighted by molar-refractivity contribution is 6.04. The fourth-order valence-electron chi connectivity index (χ4n) is 1.46. The Morgan fingerprint density at radius 1 is 1.11 bits per heavy atom. The topological polar surface area (TPSA) is 75.4 Å².